The quantitative estimate of drug-likeness (QED) is 0.682. The van der Waals surface area contributed by atoms with E-state index in [1.54, 1.807) is 4.68 Å². The number of aromatic nitrogens is 4. The number of rotatable bonds is 5. The first-order chi connectivity index (χ1) is 13.7. The van der Waals surface area contributed by atoms with Gasteiger partial charge in [0.05, 0.1) is 11.9 Å². The number of carbonyl (C=O) groups excluding carboxylic acids is 2. The van der Waals surface area contributed by atoms with Crippen molar-refractivity contribution in [3.8, 4) is 5.69 Å². The molecule has 2 heterocycles. The van der Waals surface area contributed by atoms with Crippen molar-refractivity contribution < 1.29 is 9.59 Å². The Hall–Kier alpha value is -3.49. The molecule has 0 fully saturated rings. The zero-order chi connectivity index (χ0) is 21.1. The van der Waals surface area contributed by atoms with Gasteiger partial charge in [-0.25, -0.2) is 14.5 Å². The van der Waals surface area contributed by atoms with E-state index < -0.39 is 17.5 Å². The summed E-state index contributed by atoms with van der Waals surface area (Å²) in [6.07, 6.45) is 2.73. The van der Waals surface area contributed by atoms with E-state index in [1.807, 2.05) is 45.9 Å². The summed E-state index contributed by atoms with van der Waals surface area (Å²) in [6.45, 7) is 7.99. The molecule has 29 heavy (non-hydrogen) atoms. The third-order valence-corrected chi connectivity index (χ3v) is 4.24. The molecule has 2 aromatic heterocycles. The first-order valence-corrected chi connectivity index (χ1v) is 9.34. The van der Waals surface area contributed by atoms with Gasteiger partial charge in [0.1, 0.15) is 18.3 Å². The van der Waals surface area contributed by atoms with Crippen molar-refractivity contribution in [2.45, 2.75) is 34.2 Å². The SMILES string of the molecule is Cc1cc(C)cc(-n2ncc3c(=O)n(CC(=O)NC(=O)NCC(C)C)cnc32)c1. The fourth-order valence-electron chi connectivity index (χ4n) is 2.99. The molecule has 3 aromatic rings. The molecule has 0 aliphatic rings. The molecule has 0 spiro atoms. The van der Waals surface area contributed by atoms with E-state index in [4.69, 9.17) is 0 Å². The summed E-state index contributed by atoms with van der Waals surface area (Å²) < 4.78 is 2.75. The Labute approximate surface area is 167 Å². The van der Waals surface area contributed by atoms with Crippen LogP contribution in [-0.2, 0) is 11.3 Å². The van der Waals surface area contributed by atoms with E-state index in [0.717, 1.165) is 21.4 Å². The number of amides is 3. The molecule has 9 nitrogen and oxygen atoms in total. The molecule has 0 unspecified atom stereocenters. The normalized spacial score (nSPS) is 11.1. The molecule has 9 heteroatoms. The third kappa shape index (κ3) is 4.68. The van der Waals surface area contributed by atoms with Gasteiger partial charge in [0.15, 0.2) is 5.65 Å². The van der Waals surface area contributed by atoms with Crippen molar-refractivity contribution in [3.63, 3.8) is 0 Å². The maximum absolute atomic E-state index is 12.7. The predicted molar refractivity (Wildman–Crippen MR) is 109 cm³/mol. The summed E-state index contributed by atoms with van der Waals surface area (Å²) in [7, 11) is 0. The minimum Gasteiger partial charge on any atom is -0.338 e. The molecule has 1 aromatic carbocycles. The van der Waals surface area contributed by atoms with Crippen LogP contribution in [0, 0.1) is 19.8 Å². The zero-order valence-corrected chi connectivity index (χ0v) is 16.9. The van der Waals surface area contributed by atoms with Crippen LogP contribution < -0.4 is 16.2 Å². The third-order valence-electron chi connectivity index (χ3n) is 4.24. The van der Waals surface area contributed by atoms with Crippen LogP contribution in [0.5, 0.6) is 0 Å². The Morgan fingerprint density at radius 2 is 1.83 bits per heavy atom. The second-order valence-electron chi connectivity index (χ2n) is 7.47. The molecule has 0 radical (unpaired) electrons. The number of urea groups is 1. The zero-order valence-electron chi connectivity index (χ0n) is 16.9. The van der Waals surface area contributed by atoms with Gasteiger partial charge in [0.25, 0.3) is 5.56 Å². The highest BCUT2D eigenvalue weighted by atomic mass is 16.2. The van der Waals surface area contributed by atoms with E-state index in [0.29, 0.717) is 17.6 Å². The molecular formula is C20H24N6O3. The number of imide groups is 1. The average molecular weight is 396 g/mol. The number of carbonyl (C=O) groups is 2. The van der Waals surface area contributed by atoms with E-state index in [2.05, 4.69) is 20.7 Å². The van der Waals surface area contributed by atoms with Gasteiger partial charge in [-0.2, -0.15) is 5.10 Å². The molecule has 0 atom stereocenters. The number of nitrogens with one attached hydrogen (secondary N) is 2. The Morgan fingerprint density at radius 3 is 2.48 bits per heavy atom. The molecule has 3 amide bonds. The van der Waals surface area contributed by atoms with E-state index in [1.165, 1.54) is 12.5 Å². The number of benzene rings is 1. The highest BCUT2D eigenvalue weighted by molar-refractivity contribution is 5.94. The van der Waals surface area contributed by atoms with Gasteiger partial charge in [-0.15, -0.1) is 0 Å². The van der Waals surface area contributed by atoms with Gasteiger partial charge < -0.3 is 5.32 Å². The van der Waals surface area contributed by atoms with Gasteiger partial charge in [-0.3, -0.25) is 19.5 Å². The Bertz CT molecular complexity index is 1110. The lowest BCUT2D eigenvalue weighted by molar-refractivity contribution is -0.120. The molecule has 152 valence electrons. The summed E-state index contributed by atoms with van der Waals surface area (Å²) in [6, 6.07) is 5.37. The van der Waals surface area contributed by atoms with Crippen LogP contribution in [0.1, 0.15) is 25.0 Å². The summed E-state index contributed by atoms with van der Waals surface area (Å²) in [5.74, 6) is -0.338. The Balaban J connectivity index is 1.82. The fourth-order valence-corrected chi connectivity index (χ4v) is 2.99. The number of nitrogens with zero attached hydrogens (tertiary/aromatic N) is 4. The number of aryl methyl sites for hydroxylation is 2. The largest absolute Gasteiger partial charge is 0.338 e. The van der Waals surface area contributed by atoms with Gasteiger partial charge >= 0.3 is 6.03 Å². The van der Waals surface area contributed by atoms with Crippen LogP contribution in [0.3, 0.4) is 0 Å². The first kappa shape index (κ1) is 20.2. The van der Waals surface area contributed by atoms with Crippen molar-refractivity contribution in [3.05, 3.63) is 52.2 Å². The standard InChI is InChI=1S/C20H24N6O3/c1-12(2)8-21-20(29)24-17(27)10-25-11-22-18-16(19(25)28)9-23-26(18)15-6-13(3)5-14(4)7-15/h5-7,9,11-12H,8,10H2,1-4H3,(H2,21,24,27,29). The molecule has 0 bridgehead atoms. The lowest BCUT2D eigenvalue weighted by Gasteiger charge is -2.09. The lowest BCUT2D eigenvalue weighted by atomic mass is 10.1. The monoisotopic (exact) mass is 396 g/mol. The van der Waals surface area contributed by atoms with Crippen LogP contribution in [0.2, 0.25) is 0 Å². The fraction of sp³-hybridized carbons (Fsp3) is 0.350. The van der Waals surface area contributed by atoms with Crippen molar-refractivity contribution in [2.75, 3.05) is 6.54 Å². The second-order valence-corrected chi connectivity index (χ2v) is 7.47. The van der Waals surface area contributed by atoms with Gasteiger partial charge in [-0.05, 0) is 43.0 Å². The van der Waals surface area contributed by atoms with Crippen molar-refractivity contribution in [1.29, 1.82) is 0 Å². The van der Waals surface area contributed by atoms with Gasteiger partial charge in [0.2, 0.25) is 5.91 Å². The van der Waals surface area contributed by atoms with Crippen LogP contribution in [0.15, 0.2) is 35.5 Å². The van der Waals surface area contributed by atoms with Crippen LogP contribution in [-0.4, -0.2) is 37.8 Å². The summed E-state index contributed by atoms with van der Waals surface area (Å²) in [4.78, 5) is 40.8. The van der Waals surface area contributed by atoms with E-state index >= 15 is 0 Å². The molecule has 0 aliphatic heterocycles. The molecule has 0 saturated carbocycles. The predicted octanol–water partition coefficient (Wildman–Crippen LogP) is 1.68. The topological polar surface area (TPSA) is 111 Å². The molecule has 0 aliphatic carbocycles. The van der Waals surface area contributed by atoms with E-state index in [-0.39, 0.29) is 12.5 Å². The van der Waals surface area contributed by atoms with Gasteiger partial charge in [-0.1, -0.05) is 19.9 Å². The Morgan fingerprint density at radius 1 is 1.14 bits per heavy atom. The van der Waals surface area contributed by atoms with Crippen LogP contribution >= 0.6 is 0 Å². The second kappa shape index (κ2) is 8.26. The lowest BCUT2D eigenvalue weighted by Crippen LogP contribution is -2.43. The number of fused-ring (bicyclic) bond motifs is 1. The summed E-state index contributed by atoms with van der Waals surface area (Å²) in [5.41, 5.74) is 2.96. The van der Waals surface area contributed by atoms with Crippen molar-refractivity contribution in [1.82, 2.24) is 30.0 Å². The molecular weight excluding hydrogens is 372 g/mol. The Kier molecular flexibility index (Phi) is 5.76. The van der Waals surface area contributed by atoms with Crippen molar-refractivity contribution in [2.24, 2.45) is 5.92 Å². The summed E-state index contributed by atoms with van der Waals surface area (Å²) >= 11 is 0. The van der Waals surface area contributed by atoms with Crippen LogP contribution in [0.25, 0.3) is 16.7 Å². The minimum atomic E-state index is -0.601. The van der Waals surface area contributed by atoms with Crippen molar-refractivity contribution >= 4 is 23.0 Å². The molecule has 2 N–H and O–H groups in total. The maximum atomic E-state index is 12.7. The highest BCUT2D eigenvalue weighted by Gasteiger charge is 2.15. The average Bonchev–Trinajstić information content (AvgIpc) is 3.06. The summed E-state index contributed by atoms with van der Waals surface area (Å²) in [5, 5.41) is 9.38. The highest BCUT2D eigenvalue weighted by Crippen LogP contribution is 2.16. The van der Waals surface area contributed by atoms with Crippen LogP contribution in [0.4, 0.5) is 4.79 Å². The van der Waals surface area contributed by atoms with Gasteiger partial charge in [0, 0.05) is 6.54 Å². The number of hydrogen-bond donors (Lipinski definition) is 2. The molecule has 0 saturated heterocycles. The maximum Gasteiger partial charge on any atom is 0.321 e. The minimum absolute atomic E-state index is 0.263. The smallest absolute Gasteiger partial charge is 0.321 e. The molecule has 3 rings (SSSR count). The number of hydrogen-bond acceptors (Lipinski definition) is 5. The van der Waals surface area contributed by atoms with E-state index in [9.17, 15) is 14.4 Å². The first-order valence-electron chi connectivity index (χ1n) is 9.34.